The predicted octanol–water partition coefficient (Wildman–Crippen LogP) is 2.02. The van der Waals surface area contributed by atoms with Gasteiger partial charge < -0.3 is 9.88 Å². The van der Waals surface area contributed by atoms with Crippen molar-refractivity contribution < 1.29 is 13.2 Å². The number of carbonyl (C=O) groups excluding carboxylic acids is 1. The molecule has 0 bridgehead atoms. The van der Waals surface area contributed by atoms with Crippen LogP contribution in [-0.4, -0.2) is 59.7 Å². The second-order valence-electron chi connectivity index (χ2n) is 6.60. The Morgan fingerprint density at radius 3 is 2.56 bits per heavy atom. The molecule has 140 valence electrons. The van der Waals surface area contributed by atoms with E-state index in [0.717, 1.165) is 16.6 Å². The van der Waals surface area contributed by atoms with E-state index in [1.165, 1.54) is 4.31 Å². The second-order valence-corrected chi connectivity index (χ2v) is 8.50. The number of nitrogens with one attached hydrogen (secondary N) is 1. The Kier molecular flexibility index (Phi) is 4.45. The number of nitrogens with zero attached hydrogens (tertiary/aromatic N) is 3. The number of aromatic amines is 1. The van der Waals surface area contributed by atoms with E-state index >= 15 is 0 Å². The van der Waals surface area contributed by atoms with Crippen LogP contribution in [0.2, 0.25) is 0 Å². The Morgan fingerprint density at radius 1 is 1.07 bits per heavy atom. The molecule has 1 amide bonds. The summed E-state index contributed by atoms with van der Waals surface area (Å²) < 4.78 is 27.2. The van der Waals surface area contributed by atoms with E-state index in [1.807, 2.05) is 6.07 Å². The van der Waals surface area contributed by atoms with Crippen LogP contribution in [0, 0.1) is 6.92 Å². The maximum Gasteiger partial charge on any atom is 0.254 e. The lowest BCUT2D eigenvalue weighted by Crippen LogP contribution is -2.50. The number of piperazine rings is 1. The third-order valence-corrected chi connectivity index (χ3v) is 6.96. The van der Waals surface area contributed by atoms with Crippen molar-refractivity contribution in [2.75, 3.05) is 26.2 Å². The quantitative estimate of drug-likeness (QED) is 0.748. The minimum Gasteiger partial charge on any atom is -0.345 e. The predicted molar refractivity (Wildman–Crippen MR) is 102 cm³/mol. The van der Waals surface area contributed by atoms with Gasteiger partial charge in [-0.25, -0.2) is 13.4 Å². The molecule has 0 spiro atoms. The molecule has 1 fully saturated rings. The maximum atomic E-state index is 12.9. The minimum atomic E-state index is -3.55. The molecule has 2 aromatic carbocycles. The number of carbonyl (C=O) groups is 1. The standard InChI is InChI=1S/C19H20N4O3S/c1-14-4-2-3-5-18(14)27(25,26)23-10-8-22(9-11-23)19(24)15-6-7-16-17(12-15)21-13-20-16/h2-7,12-13H,8-11H2,1H3,(H,20,21). The fourth-order valence-corrected chi connectivity index (χ4v) is 5.02. The van der Waals surface area contributed by atoms with Crippen molar-refractivity contribution in [2.24, 2.45) is 0 Å². The lowest BCUT2D eigenvalue weighted by atomic mass is 10.1. The zero-order valence-electron chi connectivity index (χ0n) is 14.9. The molecular formula is C19H20N4O3S. The summed E-state index contributed by atoms with van der Waals surface area (Å²) in [4.78, 5) is 21.9. The van der Waals surface area contributed by atoms with Gasteiger partial charge in [0.1, 0.15) is 0 Å². The minimum absolute atomic E-state index is 0.0977. The first-order chi connectivity index (χ1) is 13.0. The van der Waals surface area contributed by atoms with Crippen molar-refractivity contribution in [3.8, 4) is 0 Å². The first-order valence-electron chi connectivity index (χ1n) is 8.75. The summed E-state index contributed by atoms with van der Waals surface area (Å²) in [7, 11) is -3.55. The second kappa shape index (κ2) is 6.79. The van der Waals surface area contributed by atoms with Gasteiger partial charge in [-0.1, -0.05) is 18.2 Å². The smallest absolute Gasteiger partial charge is 0.254 e. The third-order valence-electron chi connectivity index (χ3n) is 4.90. The average molecular weight is 384 g/mol. The molecule has 3 aromatic rings. The molecule has 1 aliphatic heterocycles. The van der Waals surface area contributed by atoms with Crippen LogP contribution in [0.5, 0.6) is 0 Å². The monoisotopic (exact) mass is 384 g/mol. The fourth-order valence-electron chi connectivity index (χ4n) is 3.37. The summed E-state index contributed by atoms with van der Waals surface area (Å²) in [5, 5.41) is 0. The van der Waals surface area contributed by atoms with Gasteiger partial charge in [-0.3, -0.25) is 4.79 Å². The number of hydrogen-bond donors (Lipinski definition) is 1. The number of amides is 1. The van der Waals surface area contributed by atoms with Gasteiger partial charge in [-0.15, -0.1) is 0 Å². The topological polar surface area (TPSA) is 86.4 Å². The van der Waals surface area contributed by atoms with E-state index in [-0.39, 0.29) is 19.0 Å². The highest BCUT2D eigenvalue weighted by Crippen LogP contribution is 2.22. The summed E-state index contributed by atoms with van der Waals surface area (Å²) in [5.41, 5.74) is 2.91. The number of aryl methyl sites for hydroxylation is 1. The van der Waals surface area contributed by atoms with E-state index < -0.39 is 10.0 Å². The molecular weight excluding hydrogens is 364 g/mol. The SMILES string of the molecule is Cc1ccccc1S(=O)(=O)N1CCN(C(=O)c2ccc3nc[nH]c3c2)CC1. The number of rotatable bonds is 3. The average Bonchev–Trinajstić information content (AvgIpc) is 3.15. The van der Waals surface area contributed by atoms with Crippen LogP contribution >= 0.6 is 0 Å². The molecule has 1 aromatic heterocycles. The van der Waals surface area contributed by atoms with Gasteiger partial charge >= 0.3 is 0 Å². The van der Waals surface area contributed by atoms with Crippen molar-refractivity contribution in [3.05, 3.63) is 59.9 Å². The van der Waals surface area contributed by atoms with Crippen LogP contribution in [0.3, 0.4) is 0 Å². The van der Waals surface area contributed by atoms with Gasteiger partial charge in [-0.2, -0.15) is 4.31 Å². The zero-order valence-corrected chi connectivity index (χ0v) is 15.7. The molecule has 27 heavy (non-hydrogen) atoms. The van der Waals surface area contributed by atoms with Gasteiger partial charge in [0.05, 0.1) is 22.3 Å². The summed E-state index contributed by atoms with van der Waals surface area (Å²) >= 11 is 0. The van der Waals surface area contributed by atoms with Crippen molar-refractivity contribution in [3.63, 3.8) is 0 Å². The zero-order chi connectivity index (χ0) is 19.0. The van der Waals surface area contributed by atoms with Crippen LogP contribution in [0.4, 0.5) is 0 Å². The third kappa shape index (κ3) is 3.22. The highest BCUT2D eigenvalue weighted by atomic mass is 32.2. The summed E-state index contributed by atoms with van der Waals surface area (Å²) in [5.74, 6) is -0.0977. The summed E-state index contributed by atoms with van der Waals surface area (Å²) in [6, 6.07) is 12.3. The number of benzene rings is 2. The van der Waals surface area contributed by atoms with E-state index in [0.29, 0.717) is 23.5 Å². The van der Waals surface area contributed by atoms with E-state index in [9.17, 15) is 13.2 Å². The van der Waals surface area contributed by atoms with Crippen molar-refractivity contribution in [1.82, 2.24) is 19.2 Å². The lowest BCUT2D eigenvalue weighted by molar-refractivity contribution is 0.0698. The van der Waals surface area contributed by atoms with Gasteiger partial charge in [0, 0.05) is 31.7 Å². The number of sulfonamides is 1. The highest BCUT2D eigenvalue weighted by Gasteiger charge is 2.31. The van der Waals surface area contributed by atoms with Crippen molar-refractivity contribution in [1.29, 1.82) is 0 Å². The molecule has 0 atom stereocenters. The molecule has 4 rings (SSSR count). The molecule has 0 unspecified atom stereocenters. The first-order valence-corrected chi connectivity index (χ1v) is 10.2. The van der Waals surface area contributed by atoms with Gasteiger partial charge in [-0.05, 0) is 36.8 Å². The lowest BCUT2D eigenvalue weighted by Gasteiger charge is -2.34. The summed E-state index contributed by atoms with van der Waals surface area (Å²) in [6.07, 6.45) is 1.59. The molecule has 0 saturated carbocycles. The number of aromatic nitrogens is 2. The van der Waals surface area contributed by atoms with E-state index in [1.54, 1.807) is 54.5 Å². The molecule has 7 nitrogen and oxygen atoms in total. The first kappa shape index (κ1) is 17.7. The van der Waals surface area contributed by atoms with Gasteiger partial charge in [0.2, 0.25) is 10.0 Å². The van der Waals surface area contributed by atoms with Crippen LogP contribution in [0.1, 0.15) is 15.9 Å². The molecule has 1 N–H and O–H groups in total. The Balaban J connectivity index is 1.48. The van der Waals surface area contributed by atoms with Crippen molar-refractivity contribution in [2.45, 2.75) is 11.8 Å². The number of imidazole rings is 1. The number of H-pyrrole nitrogens is 1. The Morgan fingerprint density at radius 2 is 1.81 bits per heavy atom. The number of hydrogen-bond acceptors (Lipinski definition) is 4. The van der Waals surface area contributed by atoms with Crippen LogP contribution in [-0.2, 0) is 10.0 Å². The van der Waals surface area contributed by atoms with Gasteiger partial charge in [0.25, 0.3) is 5.91 Å². The van der Waals surface area contributed by atoms with E-state index in [4.69, 9.17) is 0 Å². The Labute approximate surface area is 157 Å². The van der Waals surface area contributed by atoms with Gasteiger partial charge in [0.15, 0.2) is 0 Å². The molecule has 0 radical (unpaired) electrons. The van der Waals surface area contributed by atoms with Crippen molar-refractivity contribution >= 4 is 27.0 Å². The molecule has 1 saturated heterocycles. The van der Waals surface area contributed by atoms with Crippen LogP contribution in [0.25, 0.3) is 11.0 Å². The van der Waals surface area contributed by atoms with Crippen LogP contribution < -0.4 is 0 Å². The Hall–Kier alpha value is -2.71. The largest absolute Gasteiger partial charge is 0.345 e. The highest BCUT2D eigenvalue weighted by molar-refractivity contribution is 7.89. The number of fused-ring (bicyclic) bond motifs is 1. The summed E-state index contributed by atoms with van der Waals surface area (Å²) in [6.45, 7) is 3.09. The Bertz CT molecular complexity index is 1100. The maximum absolute atomic E-state index is 12.9. The normalized spacial score (nSPS) is 16.0. The van der Waals surface area contributed by atoms with Crippen LogP contribution in [0.15, 0.2) is 53.7 Å². The molecule has 1 aliphatic rings. The molecule has 8 heteroatoms. The fraction of sp³-hybridized carbons (Fsp3) is 0.263. The van der Waals surface area contributed by atoms with E-state index in [2.05, 4.69) is 9.97 Å². The molecule has 0 aliphatic carbocycles. The molecule has 2 heterocycles.